The number of fused-ring (bicyclic) bond motifs is 1. The molecule has 0 amide bonds. The van der Waals surface area contributed by atoms with Gasteiger partial charge in [-0.25, -0.2) is 4.79 Å². The van der Waals surface area contributed by atoms with E-state index in [1.165, 1.54) is 7.11 Å². The molecule has 0 radical (unpaired) electrons. The first-order valence-corrected chi connectivity index (χ1v) is 6.10. The number of carboxylic acids is 1. The van der Waals surface area contributed by atoms with E-state index in [2.05, 4.69) is 0 Å². The average Bonchev–Trinajstić information content (AvgIpc) is 2.37. The molecule has 4 nitrogen and oxygen atoms in total. The molecule has 1 aliphatic carbocycles. The second-order valence-corrected chi connectivity index (χ2v) is 4.63. The molecular formula is C13H13ClO4. The summed E-state index contributed by atoms with van der Waals surface area (Å²) in [5.74, 6) is -2.31. The van der Waals surface area contributed by atoms with Crippen molar-refractivity contribution in [2.24, 2.45) is 0 Å². The van der Waals surface area contributed by atoms with Gasteiger partial charge < -0.3 is 9.84 Å². The van der Waals surface area contributed by atoms with Crippen LogP contribution in [-0.2, 0) is 17.6 Å². The van der Waals surface area contributed by atoms with Crippen molar-refractivity contribution in [1.82, 2.24) is 0 Å². The molecule has 2 rings (SSSR count). The van der Waals surface area contributed by atoms with Crippen molar-refractivity contribution in [3.05, 3.63) is 27.8 Å². The number of hydrogen-bond donors (Lipinski definition) is 1. The van der Waals surface area contributed by atoms with Gasteiger partial charge in [0.1, 0.15) is 5.75 Å². The highest BCUT2D eigenvalue weighted by Gasteiger charge is 2.26. The van der Waals surface area contributed by atoms with Crippen molar-refractivity contribution >= 4 is 23.4 Å². The normalized spacial score (nSPS) is 13.9. The van der Waals surface area contributed by atoms with E-state index in [0.717, 1.165) is 36.8 Å². The predicted octanol–water partition coefficient (Wildman–Crippen LogP) is 2.49. The maximum Gasteiger partial charge on any atom is 0.377 e. The summed E-state index contributed by atoms with van der Waals surface area (Å²) in [6.45, 7) is 0. The van der Waals surface area contributed by atoms with Gasteiger partial charge in [-0.2, -0.15) is 0 Å². The average molecular weight is 269 g/mol. The minimum Gasteiger partial charge on any atom is -0.494 e. The third-order valence-corrected chi connectivity index (χ3v) is 3.58. The number of carboxylic acid groups (broad SMARTS) is 1. The molecule has 0 heterocycles. The second kappa shape index (κ2) is 4.98. The number of hydrogen-bond acceptors (Lipinski definition) is 3. The van der Waals surface area contributed by atoms with E-state index in [1.54, 1.807) is 6.07 Å². The van der Waals surface area contributed by atoms with Gasteiger partial charge in [0, 0.05) is 0 Å². The molecule has 18 heavy (non-hydrogen) atoms. The number of halogens is 1. The fourth-order valence-electron chi connectivity index (χ4n) is 2.32. The van der Waals surface area contributed by atoms with Crippen LogP contribution < -0.4 is 4.74 Å². The summed E-state index contributed by atoms with van der Waals surface area (Å²) in [4.78, 5) is 22.4. The Labute approximate surface area is 110 Å². The molecule has 0 aliphatic heterocycles. The Morgan fingerprint density at radius 3 is 2.61 bits per heavy atom. The van der Waals surface area contributed by atoms with Crippen LogP contribution in [0.1, 0.15) is 34.3 Å². The fraction of sp³-hybridized carbons (Fsp3) is 0.385. The van der Waals surface area contributed by atoms with Crippen molar-refractivity contribution in [2.75, 3.05) is 7.11 Å². The van der Waals surface area contributed by atoms with Gasteiger partial charge in [-0.3, -0.25) is 4.79 Å². The number of carbonyl (C=O) groups excluding carboxylic acids is 1. The highest BCUT2D eigenvalue weighted by atomic mass is 35.5. The number of methoxy groups -OCH3 is 1. The summed E-state index contributed by atoms with van der Waals surface area (Å²) in [5, 5.41) is 9.18. The largest absolute Gasteiger partial charge is 0.494 e. The van der Waals surface area contributed by atoms with E-state index < -0.39 is 11.8 Å². The molecule has 0 saturated heterocycles. The summed E-state index contributed by atoms with van der Waals surface area (Å²) in [5.41, 5.74) is 1.97. The van der Waals surface area contributed by atoms with Crippen LogP contribution >= 0.6 is 11.6 Å². The second-order valence-electron chi connectivity index (χ2n) is 4.25. The Hall–Kier alpha value is -1.55. The quantitative estimate of drug-likeness (QED) is 0.676. The van der Waals surface area contributed by atoms with Crippen LogP contribution in [0, 0.1) is 0 Å². The van der Waals surface area contributed by atoms with Crippen molar-refractivity contribution in [1.29, 1.82) is 0 Å². The Morgan fingerprint density at radius 1 is 1.33 bits per heavy atom. The summed E-state index contributed by atoms with van der Waals surface area (Å²) in [6.07, 6.45) is 3.73. The Bertz CT molecular complexity index is 522. The number of aryl methyl sites for hydroxylation is 1. The van der Waals surface area contributed by atoms with E-state index in [4.69, 9.17) is 21.4 Å². The fourth-order valence-corrected chi connectivity index (χ4v) is 2.71. The van der Waals surface area contributed by atoms with Gasteiger partial charge in [0.2, 0.25) is 0 Å². The zero-order valence-electron chi connectivity index (χ0n) is 9.96. The van der Waals surface area contributed by atoms with Crippen LogP contribution in [-0.4, -0.2) is 24.0 Å². The molecule has 0 atom stereocenters. The number of Topliss-reactive ketones (excluding diaryl/α,β-unsaturated/α-hetero) is 1. The molecule has 1 aromatic rings. The van der Waals surface area contributed by atoms with E-state index >= 15 is 0 Å². The maximum atomic E-state index is 11.6. The van der Waals surface area contributed by atoms with Crippen LogP contribution in [0.5, 0.6) is 5.75 Å². The zero-order chi connectivity index (χ0) is 13.3. The SMILES string of the molecule is COc1c(C(=O)C(=O)O)cc2c(c1Cl)CCCC2. The number of ketones is 1. The first-order chi connectivity index (χ1) is 8.56. The molecule has 1 N–H and O–H groups in total. The maximum absolute atomic E-state index is 11.6. The van der Waals surface area contributed by atoms with Crippen molar-refractivity contribution in [2.45, 2.75) is 25.7 Å². The summed E-state index contributed by atoms with van der Waals surface area (Å²) < 4.78 is 5.10. The van der Waals surface area contributed by atoms with E-state index in [0.29, 0.717) is 5.02 Å². The molecule has 0 unspecified atom stereocenters. The molecule has 96 valence electrons. The van der Waals surface area contributed by atoms with Crippen LogP contribution in [0.25, 0.3) is 0 Å². The van der Waals surface area contributed by atoms with Crippen LogP contribution in [0.15, 0.2) is 6.07 Å². The van der Waals surface area contributed by atoms with Crippen molar-refractivity contribution in [3.8, 4) is 5.75 Å². The van der Waals surface area contributed by atoms with Crippen LogP contribution in [0.3, 0.4) is 0 Å². The third-order valence-electron chi connectivity index (χ3n) is 3.18. The zero-order valence-corrected chi connectivity index (χ0v) is 10.7. The van der Waals surface area contributed by atoms with Gasteiger partial charge in [0.25, 0.3) is 5.78 Å². The lowest BCUT2D eigenvalue weighted by Crippen LogP contribution is -2.16. The van der Waals surface area contributed by atoms with Gasteiger partial charge in [0.05, 0.1) is 17.7 Å². The molecule has 0 spiro atoms. The molecule has 0 fully saturated rings. The molecule has 0 bridgehead atoms. The lowest BCUT2D eigenvalue weighted by Gasteiger charge is -2.20. The standard InChI is InChI=1S/C13H13ClO4/c1-18-12-9(11(15)13(16)17)6-7-4-2-3-5-8(7)10(12)14/h6H,2-5H2,1H3,(H,16,17). The van der Waals surface area contributed by atoms with E-state index in [1.807, 2.05) is 0 Å². The van der Waals surface area contributed by atoms with Crippen molar-refractivity contribution in [3.63, 3.8) is 0 Å². The molecular weight excluding hydrogens is 256 g/mol. The van der Waals surface area contributed by atoms with Gasteiger partial charge in [-0.15, -0.1) is 0 Å². The van der Waals surface area contributed by atoms with E-state index in [-0.39, 0.29) is 11.3 Å². The number of rotatable bonds is 3. The first-order valence-electron chi connectivity index (χ1n) is 5.72. The van der Waals surface area contributed by atoms with Crippen LogP contribution in [0.2, 0.25) is 5.02 Å². The van der Waals surface area contributed by atoms with Crippen LogP contribution in [0.4, 0.5) is 0 Å². The topological polar surface area (TPSA) is 63.6 Å². The Morgan fingerprint density at radius 2 is 2.00 bits per heavy atom. The lowest BCUT2D eigenvalue weighted by molar-refractivity contribution is -0.131. The summed E-state index contributed by atoms with van der Waals surface area (Å²) in [6, 6.07) is 1.61. The summed E-state index contributed by atoms with van der Waals surface area (Å²) >= 11 is 6.21. The molecule has 0 aromatic heterocycles. The Balaban J connectivity index is 2.62. The van der Waals surface area contributed by atoms with Crippen molar-refractivity contribution < 1.29 is 19.4 Å². The summed E-state index contributed by atoms with van der Waals surface area (Å²) in [7, 11) is 1.38. The van der Waals surface area contributed by atoms with Gasteiger partial charge in [0.15, 0.2) is 0 Å². The number of aliphatic carboxylic acids is 1. The Kier molecular flexibility index (Phi) is 3.57. The van der Waals surface area contributed by atoms with E-state index in [9.17, 15) is 9.59 Å². The highest BCUT2D eigenvalue weighted by molar-refractivity contribution is 6.42. The van der Waals surface area contributed by atoms with Gasteiger partial charge >= 0.3 is 5.97 Å². The predicted molar refractivity (Wildman–Crippen MR) is 66.6 cm³/mol. The third kappa shape index (κ3) is 2.08. The minimum atomic E-state index is -1.50. The molecule has 1 aromatic carbocycles. The minimum absolute atomic E-state index is 0.0376. The number of ether oxygens (including phenoxy) is 1. The molecule has 1 aliphatic rings. The molecule has 0 saturated carbocycles. The lowest BCUT2D eigenvalue weighted by atomic mass is 9.89. The van der Waals surface area contributed by atoms with Gasteiger partial charge in [-0.05, 0) is 42.9 Å². The highest BCUT2D eigenvalue weighted by Crippen LogP contribution is 2.38. The smallest absolute Gasteiger partial charge is 0.377 e. The van der Waals surface area contributed by atoms with Gasteiger partial charge in [-0.1, -0.05) is 11.6 Å². The number of benzene rings is 1. The molecule has 5 heteroatoms. The monoisotopic (exact) mass is 268 g/mol. The first kappa shape index (κ1) is 12.9. The number of carbonyl (C=O) groups is 2.